The van der Waals surface area contributed by atoms with E-state index in [0.717, 1.165) is 19.3 Å². The van der Waals surface area contributed by atoms with E-state index < -0.39 is 5.54 Å². The highest BCUT2D eigenvalue weighted by atomic mass is 16.5. The first-order chi connectivity index (χ1) is 7.99. The molecule has 4 heteroatoms. The molecule has 2 atom stereocenters. The normalized spacial score (nSPS) is 29.1. The van der Waals surface area contributed by atoms with E-state index in [2.05, 4.69) is 6.92 Å². The Labute approximate surface area is 104 Å². The Morgan fingerprint density at radius 3 is 2.88 bits per heavy atom. The third kappa shape index (κ3) is 3.96. The molecule has 1 aliphatic carbocycles. The average Bonchev–Trinajstić information content (AvgIpc) is 2.28. The Bertz CT molecular complexity index is 258. The van der Waals surface area contributed by atoms with Crippen LogP contribution in [0.5, 0.6) is 0 Å². The molecule has 0 heterocycles. The summed E-state index contributed by atoms with van der Waals surface area (Å²) in [6.45, 7) is 6.03. The molecule has 0 aromatic rings. The number of amides is 1. The lowest BCUT2D eigenvalue weighted by atomic mass is 9.76. The maximum atomic E-state index is 12.3. The maximum Gasteiger partial charge on any atom is 0.242 e. The van der Waals surface area contributed by atoms with Crippen LogP contribution in [0.4, 0.5) is 0 Å². The molecule has 100 valence electrons. The summed E-state index contributed by atoms with van der Waals surface area (Å²) in [5, 5.41) is 0. The van der Waals surface area contributed by atoms with Gasteiger partial charge in [-0.25, -0.2) is 0 Å². The highest BCUT2D eigenvalue weighted by Crippen LogP contribution is 2.31. The number of carbonyl (C=O) groups is 1. The van der Waals surface area contributed by atoms with Gasteiger partial charge < -0.3 is 15.4 Å². The average molecular weight is 242 g/mol. The van der Waals surface area contributed by atoms with Crippen LogP contribution in [0.2, 0.25) is 0 Å². The van der Waals surface area contributed by atoms with Gasteiger partial charge in [0.15, 0.2) is 0 Å². The molecule has 0 saturated heterocycles. The number of likely N-dealkylation sites (N-methyl/N-ethyl adjacent to an activating group) is 1. The summed E-state index contributed by atoms with van der Waals surface area (Å²) in [5.74, 6) is 0.627. The number of carbonyl (C=O) groups excluding carboxylic acids is 1. The third-order valence-corrected chi connectivity index (χ3v) is 3.58. The fraction of sp³-hybridized carbons (Fsp3) is 0.923. The number of hydrogen-bond donors (Lipinski definition) is 1. The SMILES string of the molecule is CCOCCN(C)C(=O)C1(N)CCCC(C)C1. The Kier molecular flexibility index (Phi) is 5.40. The highest BCUT2D eigenvalue weighted by Gasteiger charge is 2.39. The summed E-state index contributed by atoms with van der Waals surface area (Å²) in [6.07, 6.45) is 3.87. The number of nitrogens with zero attached hydrogens (tertiary/aromatic N) is 1. The molecule has 4 nitrogen and oxygen atoms in total. The van der Waals surface area contributed by atoms with Gasteiger partial charge >= 0.3 is 0 Å². The van der Waals surface area contributed by atoms with Crippen LogP contribution in [0.1, 0.15) is 39.5 Å². The summed E-state index contributed by atoms with van der Waals surface area (Å²) >= 11 is 0. The summed E-state index contributed by atoms with van der Waals surface area (Å²) in [6, 6.07) is 0. The molecule has 0 aromatic carbocycles. The number of ether oxygens (including phenoxy) is 1. The van der Waals surface area contributed by atoms with Crippen molar-refractivity contribution in [3.8, 4) is 0 Å². The van der Waals surface area contributed by atoms with Crippen molar-refractivity contribution in [3.63, 3.8) is 0 Å². The fourth-order valence-corrected chi connectivity index (χ4v) is 2.61. The van der Waals surface area contributed by atoms with Crippen LogP contribution in [0.3, 0.4) is 0 Å². The van der Waals surface area contributed by atoms with Gasteiger partial charge in [0, 0.05) is 20.2 Å². The first kappa shape index (κ1) is 14.5. The smallest absolute Gasteiger partial charge is 0.242 e. The maximum absolute atomic E-state index is 12.3. The van der Waals surface area contributed by atoms with Gasteiger partial charge in [0.1, 0.15) is 0 Å². The molecular formula is C13H26N2O2. The molecule has 2 N–H and O–H groups in total. The van der Waals surface area contributed by atoms with Crippen LogP contribution in [-0.2, 0) is 9.53 Å². The molecule has 0 aromatic heterocycles. The lowest BCUT2D eigenvalue weighted by Gasteiger charge is -2.38. The van der Waals surface area contributed by atoms with Crippen LogP contribution in [0, 0.1) is 5.92 Å². The zero-order valence-electron chi connectivity index (χ0n) is 11.4. The van der Waals surface area contributed by atoms with Crippen LogP contribution >= 0.6 is 0 Å². The van der Waals surface area contributed by atoms with Gasteiger partial charge in [-0.15, -0.1) is 0 Å². The molecule has 1 amide bonds. The Hall–Kier alpha value is -0.610. The van der Waals surface area contributed by atoms with E-state index in [1.807, 2.05) is 14.0 Å². The molecular weight excluding hydrogens is 216 g/mol. The molecule has 2 unspecified atom stereocenters. The molecule has 1 rings (SSSR count). The highest BCUT2D eigenvalue weighted by molar-refractivity contribution is 5.86. The monoisotopic (exact) mass is 242 g/mol. The Morgan fingerprint density at radius 1 is 1.59 bits per heavy atom. The first-order valence-electron chi connectivity index (χ1n) is 6.62. The van der Waals surface area contributed by atoms with Crippen molar-refractivity contribution in [3.05, 3.63) is 0 Å². The fourth-order valence-electron chi connectivity index (χ4n) is 2.61. The largest absolute Gasteiger partial charge is 0.380 e. The topological polar surface area (TPSA) is 55.6 Å². The number of hydrogen-bond acceptors (Lipinski definition) is 3. The van der Waals surface area contributed by atoms with Crippen molar-refractivity contribution in [2.24, 2.45) is 11.7 Å². The predicted molar refractivity (Wildman–Crippen MR) is 68.7 cm³/mol. The lowest BCUT2D eigenvalue weighted by Crippen LogP contribution is -2.56. The van der Waals surface area contributed by atoms with Crippen molar-refractivity contribution >= 4 is 5.91 Å². The Morgan fingerprint density at radius 2 is 2.29 bits per heavy atom. The quantitative estimate of drug-likeness (QED) is 0.741. The second kappa shape index (κ2) is 6.36. The number of rotatable bonds is 5. The summed E-state index contributed by atoms with van der Waals surface area (Å²) in [4.78, 5) is 14.0. The van der Waals surface area contributed by atoms with Gasteiger partial charge in [-0.05, 0) is 25.7 Å². The molecule has 17 heavy (non-hydrogen) atoms. The third-order valence-electron chi connectivity index (χ3n) is 3.58. The van der Waals surface area contributed by atoms with E-state index in [1.165, 1.54) is 6.42 Å². The lowest BCUT2D eigenvalue weighted by molar-refractivity contribution is -0.138. The van der Waals surface area contributed by atoms with Gasteiger partial charge in [0.25, 0.3) is 0 Å². The minimum absolute atomic E-state index is 0.0729. The van der Waals surface area contributed by atoms with E-state index in [4.69, 9.17) is 10.5 Å². The van der Waals surface area contributed by atoms with E-state index in [0.29, 0.717) is 25.7 Å². The molecule has 0 bridgehead atoms. The standard InChI is InChI=1S/C13H26N2O2/c1-4-17-9-8-15(3)12(16)13(14)7-5-6-11(2)10-13/h11H,4-10,14H2,1-3H3. The van der Waals surface area contributed by atoms with Gasteiger partial charge in [-0.2, -0.15) is 0 Å². The van der Waals surface area contributed by atoms with Gasteiger partial charge in [0.2, 0.25) is 5.91 Å². The first-order valence-corrected chi connectivity index (χ1v) is 6.62. The Balaban J connectivity index is 2.49. The molecule has 0 spiro atoms. The molecule has 0 aliphatic heterocycles. The van der Waals surface area contributed by atoms with Crippen LogP contribution in [0.15, 0.2) is 0 Å². The van der Waals surface area contributed by atoms with Crippen LogP contribution in [-0.4, -0.2) is 43.2 Å². The summed E-state index contributed by atoms with van der Waals surface area (Å²) < 4.78 is 5.26. The summed E-state index contributed by atoms with van der Waals surface area (Å²) in [7, 11) is 1.81. The molecule has 1 fully saturated rings. The minimum Gasteiger partial charge on any atom is -0.380 e. The van der Waals surface area contributed by atoms with E-state index in [1.54, 1.807) is 4.90 Å². The number of nitrogens with two attached hydrogens (primary N) is 1. The van der Waals surface area contributed by atoms with Gasteiger partial charge in [-0.3, -0.25) is 4.79 Å². The second-order valence-electron chi connectivity index (χ2n) is 5.28. The van der Waals surface area contributed by atoms with E-state index >= 15 is 0 Å². The van der Waals surface area contributed by atoms with Crippen molar-refractivity contribution in [2.45, 2.75) is 45.1 Å². The van der Waals surface area contributed by atoms with Crippen molar-refractivity contribution in [2.75, 3.05) is 26.8 Å². The molecule has 1 aliphatic rings. The van der Waals surface area contributed by atoms with Gasteiger partial charge in [0.05, 0.1) is 12.1 Å². The summed E-state index contributed by atoms with van der Waals surface area (Å²) in [5.41, 5.74) is 5.63. The van der Waals surface area contributed by atoms with Crippen LogP contribution in [0.25, 0.3) is 0 Å². The van der Waals surface area contributed by atoms with Crippen molar-refractivity contribution in [1.29, 1.82) is 0 Å². The minimum atomic E-state index is -0.640. The second-order valence-corrected chi connectivity index (χ2v) is 5.28. The molecule has 1 saturated carbocycles. The van der Waals surface area contributed by atoms with Crippen molar-refractivity contribution < 1.29 is 9.53 Å². The van der Waals surface area contributed by atoms with E-state index in [-0.39, 0.29) is 5.91 Å². The van der Waals surface area contributed by atoms with Crippen molar-refractivity contribution in [1.82, 2.24) is 4.90 Å². The zero-order chi connectivity index (χ0) is 12.9. The zero-order valence-corrected chi connectivity index (χ0v) is 11.4. The van der Waals surface area contributed by atoms with Gasteiger partial charge in [-0.1, -0.05) is 19.8 Å². The van der Waals surface area contributed by atoms with E-state index in [9.17, 15) is 4.79 Å². The van der Waals surface area contributed by atoms with Crippen LogP contribution < -0.4 is 5.73 Å². The molecule has 0 radical (unpaired) electrons. The predicted octanol–water partition coefficient (Wildman–Crippen LogP) is 1.39.